The van der Waals surface area contributed by atoms with Crippen molar-refractivity contribution in [3.8, 4) is 5.88 Å². The number of anilines is 1. The average Bonchev–Trinajstić information content (AvgIpc) is 2.83. The van der Waals surface area contributed by atoms with Crippen LogP contribution in [0, 0.1) is 2.88 Å². The number of hydrogen-bond donors (Lipinski definition) is 1. The van der Waals surface area contributed by atoms with Crippen LogP contribution in [0.15, 0.2) is 24.4 Å². The van der Waals surface area contributed by atoms with Crippen molar-refractivity contribution in [2.24, 2.45) is 0 Å². The summed E-state index contributed by atoms with van der Waals surface area (Å²) < 4.78 is 6.97. The minimum atomic E-state index is 0.377. The van der Waals surface area contributed by atoms with Crippen molar-refractivity contribution in [3.63, 3.8) is 0 Å². The zero-order valence-corrected chi connectivity index (χ0v) is 14.3. The van der Waals surface area contributed by atoms with E-state index in [1.165, 1.54) is 32.6 Å². The molecule has 2 heterocycles. The molecule has 0 amide bonds. The van der Waals surface area contributed by atoms with Crippen LogP contribution in [-0.4, -0.2) is 11.6 Å². The Morgan fingerprint density at radius 3 is 3.30 bits per heavy atom. The van der Waals surface area contributed by atoms with Gasteiger partial charge in [0.1, 0.15) is 0 Å². The second-order valence-corrected chi connectivity index (χ2v) is 7.84. The van der Waals surface area contributed by atoms with E-state index in [1.54, 1.807) is 6.20 Å². The molecule has 1 N–H and O–H groups in total. The monoisotopic (exact) mass is 400 g/mol. The molecule has 106 valence electrons. The van der Waals surface area contributed by atoms with E-state index in [0.29, 0.717) is 18.5 Å². The van der Waals surface area contributed by atoms with Gasteiger partial charge in [-0.1, -0.05) is 0 Å². The lowest BCUT2D eigenvalue weighted by molar-refractivity contribution is 0.328. The molecule has 0 bridgehead atoms. The maximum absolute atomic E-state index is 5.60. The highest BCUT2D eigenvalue weighted by Gasteiger charge is 2.23. The van der Waals surface area contributed by atoms with Gasteiger partial charge < -0.3 is 10.1 Å². The van der Waals surface area contributed by atoms with E-state index >= 15 is 0 Å². The fourth-order valence-electron chi connectivity index (χ4n) is 2.61. The molecule has 1 aliphatic rings. The lowest BCUT2D eigenvalue weighted by Crippen LogP contribution is -2.16. The molecule has 3 nitrogen and oxygen atoms in total. The molecule has 5 heteroatoms. The third-order valence-electron chi connectivity index (χ3n) is 3.47. The summed E-state index contributed by atoms with van der Waals surface area (Å²) in [4.78, 5) is 5.84. The molecular weight excluding hydrogens is 383 g/mol. The van der Waals surface area contributed by atoms with Crippen molar-refractivity contribution in [2.75, 3.05) is 11.9 Å². The van der Waals surface area contributed by atoms with Gasteiger partial charge in [0.2, 0.25) is 5.88 Å². The van der Waals surface area contributed by atoms with Gasteiger partial charge in [0, 0.05) is 11.1 Å². The van der Waals surface area contributed by atoms with Gasteiger partial charge in [-0.3, -0.25) is 0 Å². The van der Waals surface area contributed by atoms with Crippen molar-refractivity contribution in [1.29, 1.82) is 0 Å². The Morgan fingerprint density at radius 1 is 1.55 bits per heavy atom. The summed E-state index contributed by atoms with van der Waals surface area (Å²) >= 11 is 4.33. The smallest absolute Gasteiger partial charge is 0.237 e. The summed E-state index contributed by atoms with van der Waals surface area (Å²) in [7, 11) is 0. The van der Waals surface area contributed by atoms with Crippen LogP contribution in [-0.2, 0) is 6.42 Å². The summed E-state index contributed by atoms with van der Waals surface area (Å²) in [6, 6.07) is 6.69. The van der Waals surface area contributed by atoms with Crippen LogP contribution in [0.25, 0.3) is 0 Å². The number of rotatable bonds is 4. The number of ether oxygens (including phenoxy) is 1. The fourth-order valence-corrected chi connectivity index (χ4v) is 4.73. The number of pyridine rings is 1. The second-order valence-electron chi connectivity index (χ2n) is 4.81. The molecule has 1 unspecified atom stereocenters. The van der Waals surface area contributed by atoms with E-state index in [-0.39, 0.29) is 0 Å². The standard InChI is InChI=1S/C15H17IN2OS/c1-2-19-15-12(6-4-8-17-15)18-11-5-3-7-13-10(11)9-14(16)20-13/h4,6,8-9,11,18H,2-3,5,7H2,1H3. The van der Waals surface area contributed by atoms with Crippen molar-refractivity contribution in [1.82, 2.24) is 4.98 Å². The van der Waals surface area contributed by atoms with Gasteiger partial charge in [0.15, 0.2) is 0 Å². The number of aryl methyl sites for hydroxylation is 1. The number of fused-ring (bicyclic) bond motifs is 1. The van der Waals surface area contributed by atoms with Crippen molar-refractivity contribution >= 4 is 39.6 Å². The van der Waals surface area contributed by atoms with E-state index in [0.717, 1.165) is 5.69 Å². The summed E-state index contributed by atoms with van der Waals surface area (Å²) in [5.41, 5.74) is 2.45. The van der Waals surface area contributed by atoms with Crippen molar-refractivity contribution in [3.05, 3.63) is 37.7 Å². The largest absolute Gasteiger partial charge is 0.476 e. The molecule has 1 atom stereocenters. The van der Waals surface area contributed by atoms with Crippen molar-refractivity contribution in [2.45, 2.75) is 32.2 Å². The zero-order valence-electron chi connectivity index (χ0n) is 11.4. The zero-order chi connectivity index (χ0) is 13.9. The predicted octanol–water partition coefficient (Wildman–Crippen LogP) is 4.64. The van der Waals surface area contributed by atoms with Crippen LogP contribution in [0.3, 0.4) is 0 Å². The Hall–Kier alpha value is -0.820. The van der Waals surface area contributed by atoms with Gasteiger partial charge in [0.25, 0.3) is 0 Å². The average molecular weight is 400 g/mol. The number of hydrogen-bond acceptors (Lipinski definition) is 4. The summed E-state index contributed by atoms with van der Waals surface area (Å²) in [6.07, 6.45) is 5.40. The third-order valence-corrected chi connectivity index (χ3v) is 5.44. The van der Waals surface area contributed by atoms with E-state index in [2.05, 4.69) is 39.0 Å². The Kier molecular flexibility index (Phi) is 4.45. The second kappa shape index (κ2) is 6.30. The number of thiophene rings is 1. The van der Waals surface area contributed by atoms with Crippen LogP contribution in [0.2, 0.25) is 0 Å². The van der Waals surface area contributed by atoms with Gasteiger partial charge in [0.05, 0.1) is 21.2 Å². The first-order valence-electron chi connectivity index (χ1n) is 6.90. The molecule has 0 aromatic carbocycles. The molecule has 3 rings (SSSR count). The molecular formula is C15H17IN2OS. The Morgan fingerprint density at radius 2 is 2.45 bits per heavy atom. The lowest BCUT2D eigenvalue weighted by atomic mass is 9.94. The van der Waals surface area contributed by atoms with Gasteiger partial charge >= 0.3 is 0 Å². The quantitative estimate of drug-likeness (QED) is 0.760. The Balaban J connectivity index is 1.85. The molecule has 20 heavy (non-hydrogen) atoms. The maximum Gasteiger partial charge on any atom is 0.237 e. The molecule has 2 aromatic rings. The minimum Gasteiger partial charge on any atom is -0.476 e. The first-order valence-corrected chi connectivity index (χ1v) is 8.80. The normalized spacial score (nSPS) is 17.6. The first kappa shape index (κ1) is 14.1. The lowest BCUT2D eigenvalue weighted by Gasteiger charge is -2.25. The van der Waals surface area contributed by atoms with Crippen LogP contribution < -0.4 is 10.1 Å². The van der Waals surface area contributed by atoms with E-state index < -0.39 is 0 Å². The summed E-state index contributed by atoms with van der Waals surface area (Å²) in [5.74, 6) is 0.701. The SMILES string of the molecule is CCOc1ncccc1NC1CCCc2sc(I)cc21. The number of nitrogens with one attached hydrogen (secondary N) is 1. The molecule has 0 spiro atoms. The fraction of sp³-hybridized carbons (Fsp3) is 0.400. The van der Waals surface area contributed by atoms with Gasteiger partial charge in [-0.15, -0.1) is 11.3 Å². The van der Waals surface area contributed by atoms with Gasteiger partial charge in [-0.2, -0.15) is 0 Å². The molecule has 0 fully saturated rings. The number of nitrogens with zero attached hydrogens (tertiary/aromatic N) is 1. The highest BCUT2D eigenvalue weighted by atomic mass is 127. The minimum absolute atomic E-state index is 0.377. The Bertz CT molecular complexity index is 599. The molecule has 0 saturated carbocycles. The van der Waals surface area contributed by atoms with Crippen LogP contribution in [0.1, 0.15) is 36.2 Å². The Labute approximate surface area is 136 Å². The molecule has 0 saturated heterocycles. The van der Waals surface area contributed by atoms with Crippen LogP contribution in [0.4, 0.5) is 5.69 Å². The summed E-state index contributed by atoms with van der Waals surface area (Å²) in [5, 5.41) is 3.62. The highest BCUT2D eigenvalue weighted by Crippen LogP contribution is 2.39. The van der Waals surface area contributed by atoms with Crippen LogP contribution in [0.5, 0.6) is 5.88 Å². The van der Waals surface area contributed by atoms with Crippen molar-refractivity contribution < 1.29 is 4.74 Å². The number of halogens is 1. The topological polar surface area (TPSA) is 34.1 Å². The van der Waals surface area contributed by atoms with Crippen LogP contribution >= 0.6 is 33.9 Å². The molecule has 0 aliphatic heterocycles. The summed E-state index contributed by atoms with van der Waals surface area (Å²) in [6.45, 7) is 2.62. The highest BCUT2D eigenvalue weighted by molar-refractivity contribution is 14.1. The van der Waals surface area contributed by atoms with E-state index in [4.69, 9.17) is 4.74 Å². The number of aromatic nitrogens is 1. The van der Waals surface area contributed by atoms with Gasteiger partial charge in [-0.05, 0) is 72.5 Å². The molecule has 2 aromatic heterocycles. The van der Waals surface area contributed by atoms with E-state index in [1.807, 2.05) is 30.4 Å². The first-order chi connectivity index (χ1) is 9.78. The van der Waals surface area contributed by atoms with E-state index in [9.17, 15) is 0 Å². The predicted molar refractivity (Wildman–Crippen MR) is 91.7 cm³/mol. The van der Waals surface area contributed by atoms with Gasteiger partial charge in [-0.25, -0.2) is 4.98 Å². The molecule has 1 aliphatic carbocycles. The maximum atomic E-state index is 5.60. The molecule has 0 radical (unpaired) electrons. The third kappa shape index (κ3) is 2.93.